The molecule has 4 rings (SSSR count). The van der Waals surface area contributed by atoms with Crippen LogP contribution in [0.2, 0.25) is 0 Å². The maximum atomic E-state index is 12.4. The quantitative estimate of drug-likeness (QED) is 0.630. The molecule has 2 amide bonds. The van der Waals surface area contributed by atoms with Gasteiger partial charge in [0, 0.05) is 28.9 Å². The Morgan fingerprint density at radius 1 is 1.20 bits per heavy atom. The second-order valence-corrected chi connectivity index (χ2v) is 7.54. The number of rotatable bonds is 2. The van der Waals surface area contributed by atoms with Gasteiger partial charge in [-0.1, -0.05) is 12.1 Å². The van der Waals surface area contributed by atoms with Crippen molar-refractivity contribution in [2.45, 2.75) is 6.42 Å². The number of carbonyl (C=O) groups is 2. The van der Waals surface area contributed by atoms with Gasteiger partial charge in [-0.15, -0.1) is 11.3 Å². The molecule has 2 aliphatic heterocycles. The summed E-state index contributed by atoms with van der Waals surface area (Å²) < 4.78 is 0. The highest BCUT2D eigenvalue weighted by molar-refractivity contribution is 7.80. The van der Waals surface area contributed by atoms with Gasteiger partial charge in [0.1, 0.15) is 5.70 Å². The van der Waals surface area contributed by atoms with Crippen LogP contribution in [-0.4, -0.2) is 35.4 Å². The molecule has 0 unspecified atom stereocenters. The molecule has 0 aliphatic carbocycles. The van der Waals surface area contributed by atoms with Gasteiger partial charge >= 0.3 is 0 Å². The number of hydrogen-bond donors (Lipinski definition) is 2. The summed E-state index contributed by atoms with van der Waals surface area (Å²) in [5.74, 6) is -0.148. The highest BCUT2D eigenvalue weighted by Gasteiger charge is 2.22. The third-order valence-corrected chi connectivity index (χ3v) is 5.61. The Labute approximate surface area is 154 Å². The predicted molar refractivity (Wildman–Crippen MR) is 102 cm³/mol. The Balaban J connectivity index is 1.65. The minimum atomic E-state index is -0.220. The first-order valence-electron chi connectivity index (χ1n) is 7.84. The Morgan fingerprint density at radius 3 is 2.80 bits per heavy atom. The van der Waals surface area contributed by atoms with Crippen LogP contribution in [-0.2, 0) is 11.2 Å². The van der Waals surface area contributed by atoms with E-state index in [1.807, 2.05) is 31.3 Å². The van der Waals surface area contributed by atoms with Gasteiger partial charge in [-0.2, -0.15) is 0 Å². The summed E-state index contributed by atoms with van der Waals surface area (Å²) in [5, 5.41) is 5.71. The number of nitrogens with one attached hydrogen (secondary N) is 2. The summed E-state index contributed by atoms with van der Waals surface area (Å²) in [4.78, 5) is 27.8. The van der Waals surface area contributed by atoms with Gasteiger partial charge in [0.15, 0.2) is 5.11 Å². The molecule has 1 saturated heterocycles. The van der Waals surface area contributed by atoms with Crippen molar-refractivity contribution >= 4 is 46.6 Å². The van der Waals surface area contributed by atoms with Crippen LogP contribution < -0.4 is 10.6 Å². The Bertz CT molecular complexity index is 946. The van der Waals surface area contributed by atoms with Gasteiger partial charge in [0.05, 0.1) is 0 Å². The van der Waals surface area contributed by atoms with Gasteiger partial charge < -0.3 is 10.2 Å². The standard InChI is InChI=1S/C18H15N3O2S2/c1-21-7-6-10-2-3-11(8-13(10)17(21)23)15-5-4-12(25-15)9-14-16(22)20-18(24)19-14/h2-5,8-9H,6-7H2,1H3,(H2,19,20,22,24)/b14-9+. The second kappa shape index (κ2) is 6.09. The normalized spacial score (nSPS) is 18.4. The first kappa shape index (κ1) is 16.0. The maximum Gasteiger partial charge on any atom is 0.273 e. The topological polar surface area (TPSA) is 61.4 Å². The number of amides is 2. The highest BCUT2D eigenvalue weighted by Crippen LogP contribution is 2.32. The van der Waals surface area contributed by atoms with Crippen molar-refractivity contribution in [2.75, 3.05) is 13.6 Å². The molecule has 2 aliphatic rings. The van der Waals surface area contributed by atoms with E-state index in [1.165, 1.54) is 0 Å². The lowest BCUT2D eigenvalue weighted by atomic mass is 9.96. The Hall–Kier alpha value is -2.51. The summed E-state index contributed by atoms with van der Waals surface area (Å²) in [7, 11) is 1.83. The number of nitrogens with zero attached hydrogens (tertiary/aromatic N) is 1. The predicted octanol–water partition coefficient (Wildman–Crippen LogP) is 2.39. The molecule has 1 aromatic heterocycles. The molecular formula is C18H15N3O2S2. The van der Waals surface area contributed by atoms with Crippen LogP contribution >= 0.6 is 23.6 Å². The van der Waals surface area contributed by atoms with Gasteiger partial charge in [0.2, 0.25) is 0 Å². The molecule has 0 spiro atoms. The summed E-state index contributed by atoms with van der Waals surface area (Å²) in [6.07, 6.45) is 2.67. The van der Waals surface area contributed by atoms with E-state index in [-0.39, 0.29) is 11.8 Å². The summed E-state index contributed by atoms with van der Waals surface area (Å²) in [5.41, 5.74) is 3.34. The third-order valence-electron chi connectivity index (χ3n) is 4.32. The number of thiophene rings is 1. The van der Waals surface area contributed by atoms with E-state index >= 15 is 0 Å². The Kier molecular flexibility index (Phi) is 3.89. The van der Waals surface area contributed by atoms with Crippen molar-refractivity contribution in [3.63, 3.8) is 0 Å². The van der Waals surface area contributed by atoms with Crippen molar-refractivity contribution in [1.29, 1.82) is 0 Å². The maximum absolute atomic E-state index is 12.4. The second-order valence-electron chi connectivity index (χ2n) is 6.02. The molecule has 7 heteroatoms. The monoisotopic (exact) mass is 369 g/mol. The number of fused-ring (bicyclic) bond motifs is 1. The van der Waals surface area contributed by atoms with Crippen molar-refractivity contribution in [3.05, 3.63) is 52.0 Å². The molecule has 25 heavy (non-hydrogen) atoms. The van der Waals surface area contributed by atoms with Gasteiger partial charge in [0.25, 0.3) is 11.8 Å². The average molecular weight is 369 g/mol. The van der Waals surface area contributed by atoms with Crippen molar-refractivity contribution in [2.24, 2.45) is 0 Å². The van der Waals surface area contributed by atoms with E-state index in [0.717, 1.165) is 39.4 Å². The van der Waals surface area contributed by atoms with E-state index in [9.17, 15) is 9.59 Å². The fourth-order valence-electron chi connectivity index (χ4n) is 2.95. The van der Waals surface area contributed by atoms with Crippen LogP contribution in [0.4, 0.5) is 0 Å². The van der Waals surface area contributed by atoms with E-state index < -0.39 is 0 Å². The largest absolute Gasteiger partial charge is 0.341 e. The summed E-state index contributed by atoms with van der Waals surface area (Å²) >= 11 is 6.50. The molecule has 1 aromatic carbocycles. The molecule has 0 radical (unpaired) electrons. The van der Waals surface area contributed by atoms with E-state index in [1.54, 1.807) is 22.3 Å². The highest BCUT2D eigenvalue weighted by atomic mass is 32.1. The fourth-order valence-corrected chi connectivity index (χ4v) is 4.10. The smallest absolute Gasteiger partial charge is 0.273 e. The first-order chi connectivity index (χ1) is 12.0. The average Bonchev–Trinajstić information content (AvgIpc) is 3.18. The lowest BCUT2D eigenvalue weighted by molar-refractivity contribution is -0.115. The molecule has 5 nitrogen and oxygen atoms in total. The van der Waals surface area contributed by atoms with Gasteiger partial charge in [-0.25, -0.2) is 0 Å². The van der Waals surface area contributed by atoms with Crippen molar-refractivity contribution in [3.8, 4) is 10.4 Å². The molecule has 0 atom stereocenters. The third kappa shape index (κ3) is 2.96. The van der Waals surface area contributed by atoms with Crippen LogP contribution in [0.3, 0.4) is 0 Å². The molecule has 0 bridgehead atoms. The zero-order chi connectivity index (χ0) is 17.6. The minimum Gasteiger partial charge on any atom is -0.341 e. The molecule has 0 saturated carbocycles. The van der Waals surface area contributed by atoms with Crippen molar-refractivity contribution in [1.82, 2.24) is 15.5 Å². The number of likely N-dealkylation sites (N-methyl/N-ethyl adjacent to an activating group) is 1. The lowest BCUT2D eigenvalue weighted by Gasteiger charge is -2.25. The van der Waals surface area contributed by atoms with E-state index in [2.05, 4.69) is 16.7 Å². The van der Waals surface area contributed by atoms with E-state index in [4.69, 9.17) is 12.2 Å². The number of benzene rings is 1. The molecule has 1 fully saturated rings. The zero-order valence-corrected chi connectivity index (χ0v) is 15.1. The molecule has 126 valence electrons. The van der Waals surface area contributed by atoms with Crippen molar-refractivity contribution < 1.29 is 9.59 Å². The van der Waals surface area contributed by atoms with Crippen LogP contribution in [0.1, 0.15) is 20.8 Å². The number of hydrogen-bond acceptors (Lipinski definition) is 4. The van der Waals surface area contributed by atoms with E-state index in [0.29, 0.717) is 10.8 Å². The molecule has 3 heterocycles. The van der Waals surface area contributed by atoms with Crippen LogP contribution in [0.15, 0.2) is 36.0 Å². The zero-order valence-electron chi connectivity index (χ0n) is 13.5. The SMILES string of the molecule is CN1CCc2ccc(-c3ccc(/C=C4/NC(=S)NC4=O)s3)cc2C1=O. The molecular weight excluding hydrogens is 354 g/mol. The number of thiocarbonyl (C=S) groups is 1. The van der Waals surface area contributed by atoms with Crippen LogP contribution in [0.5, 0.6) is 0 Å². The summed E-state index contributed by atoms with van der Waals surface area (Å²) in [6.45, 7) is 0.763. The van der Waals surface area contributed by atoms with Crippen LogP contribution in [0.25, 0.3) is 16.5 Å². The minimum absolute atomic E-state index is 0.0716. The first-order valence-corrected chi connectivity index (χ1v) is 9.06. The number of carbonyl (C=O) groups excluding carboxylic acids is 2. The fraction of sp³-hybridized carbons (Fsp3) is 0.167. The van der Waals surface area contributed by atoms with Gasteiger partial charge in [-0.3, -0.25) is 14.9 Å². The Morgan fingerprint density at radius 2 is 2.04 bits per heavy atom. The molecule has 2 aromatic rings. The lowest BCUT2D eigenvalue weighted by Crippen LogP contribution is -2.34. The van der Waals surface area contributed by atoms with Crippen LogP contribution in [0, 0.1) is 0 Å². The molecule has 2 N–H and O–H groups in total. The van der Waals surface area contributed by atoms with Gasteiger partial charge in [-0.05, 0) is 54.0 Å². The summed E-state index contributed by atoms with van der Waals surface area (Å²) in [6, 6.07) is 10.0.